The molecule has 0 aliphatic carbocycles. The molecule has 11 heteroatoms. The molecule has 0 fully saturated rings. The fraction of sp³-hybridized carbons (Fsp3) is 0.154. The number of nitrogens with two attached hydrogens (primary N) is 1. The van der Waals surface area contributed by atoms with Crippen molar-refractivity contribution in [3.63, 3.8) is 0 Å². The number of hydrogen-bond acceptors (Lipinski definition) is 8. The number of carbonyl (C=O) groups is 1. The van der Waals surface area contributed by atoms with Gasteiger partial charge in [-0.15, -0.1) is 0 Å². The lowest BCUT2D eigenvalue weighted by atomic mass is 10.1. The van der Waals surface area contributed by atoms with Crippen LogP contribution in [-0.4, -0.2) is 36.2 Å². The molecule has 0 spiro atoms. The zero-order chi connectivity index (χ0) is 27.4. The van der Waals surface area contributed by atoms with Crippen molar-refractivity contribution in [1.82, 2.24) is 9.97 Å². The van der Waals surface area contributed by atoms with Crippen LogP contribution in [0.2, 0.25) is 0 Å². The van der Waals surface area contributed by atoms with Crippen molar-refractivity contribution >= 4 is 35.3 Å². The SMILES string of the molecule is C=CC(=O)Nc1ccc(F)c(Nc2nc(N/C(C=NC)=C/N)ncc2-c2cc(F)cc(OC)c2)c1.CC. The monoisotopic (exact) mass is 509 g/mol. The van der Waals surface area contributed by atoms with E-state index in [1.54, 1.807) is 13.1 Å². The van der Waals surface area contributed by atoms with Crippen LogP contribution >= 0.6 is 0 Å². The van der Waals surface area contributed by atoms with Crippen LogP contribution in [0.5, 0.6) is 5.75 Å². The normalized spacial score (nSPS) is 10.8. The Balaban J connectivity index is 0.00000235. The molecule has 0 radical (unpaired) electrons. The van der Waals surface area contributed by atoms with Gasteiger partial charge in [-0.2, -0.15) is 4.98 Å². The Morgan fingerprint density at radius 3 is 2.57 bits per heavy atom. The molecule has 1 amide bonds. The third kappa shape index (κ3) is 7.85. The molecule has 0 atom stereocenters. The van der Waals surface area contributed by atoms with Crippen molar-refractivity contribution in [2.75, 3.05) is 30.1 Å². The van der Waals surface area contributed by atoms with E-state index in [2.05, 4.69) is 37.5 Å². The fourth-order valence-corrected chi connectivity index (χ4v) is 2.99. The summed E-state index contributed by atoms with van der Waals surface area (Å²) in [5.74, 6) is -1.07. The Labute approximate surface area is 214 Å². The molecular weight excluding hydrogens is 480 g/mol. The number of rotatable bonds is 9. The largest absolute Gasteiger partial charge is 0.497 e. The summed E-state index contributed by atoms with van der Waals surface area (Å²) >= 11 is 0. The van der Waals surface area contributed by atoms with Gasteiger partial charge in [-0.1, -0.05) is 20.4 Å². The summed E-state index contributed by atoms with van der Waals surface area (Å²) in [6, 6.07) is 8.05. The predicted molar refractivity (Wildman–Crippen MR) is 144 cm³/mol. The third-order valence-electron chi connectivity index (χ3n) is 4.58. The van der Waals surface area contributed by atoms with Gasteiger partial charge in [0.15, 0.2) is 0 Å². The average Bonchev–Trinajstić information content (AvgIpc) is 2.91. The van der Waals surface area contributed by atoms with Crippen molar-refractivity contribution in [2.24, 2.45) is 10.7 Å². The maximum Gasteiger partial charge on any atom is 0.247 e. The first-order valence-electron chi connectivity index (χ1n) is 11.2. The highest BCUT2D eigenvalue weighted by Crippen LogP contribution is 2.33. The van der Waals surface area contributed by atoms with Crippen molar-refractivity contribution in [1.29, 1.82) is 0 Å². The number of halogens is 2. The van der Waals surface area contributed by atoms with Crippen LogP contribution in [0.25, 0.3) is 11.1 Å². The number of amides is 1. The Hall–Kier alpha value is -4.80. The van der Waals surface area contributed by atoms with Crippen molar-refractivity contribution < 1.29 is 18.3 Å². The minimum absolute atomic E-state index is 0.00541. The molecule has 1 heterocycles. The molecule has 0 aliphatic rings. The van der Waals surface area contributed by atoms with Gasteiger partial charge >= 0.3 is 0 Å². The highest BCUT2D eigenvalue weighted by molar-refractivity contribution is 5.99. The number of methoxy groups -OCH3 is 1. The lowest BCUT2D eigenvalue weighted by Gasteiger charge is -2.15. The minimum Gasteiger partial charge on any atom is -0.497 e. The van der Waals surface area contributed by atoms with Crippen LogP contribution in [0.4, 0.5) is 31.9 Å². The highest BCUT2D eigenvalue weighted by Gasteiger charge is 2.15. The molecule has 0 unspecified atom stereocenters. The number of allylic oxidation sites excluding steroid dienone is 1. The molecule has 3 aromatic rings. The van der Waals surface area contributed by atoms with E-state index in [1.807, 2.05) is 13.8 Å². The van der Waals surface area contributed by atoms with Crippen molar-refractivity contribution in [3.05, 3.63) is 78.8 Å². The minimum atomic E-state index is -0.613. The van der Waals surface area contributed by atoms with Gasteiger partial charge in [0.2, 0.25) is 11.9 Å². The van der Waals surface area contributed by atoms with Gasteiger partial charge in [-0.25, -0.2) is 13.8 Å². The molecular formula is C26H29F2N7O2. The summed E-state index contributed by atoms with van der Waals surface area (Å²) in [6.07, 6.45) is 5.27. The smallest absolute Gasteiger partial charge is 0.247 e. The zero-order valence-corrected chi connectivity index (χ0v) is 21.0. The number of ether oxygens (including phenoxy) is 1. The molecule has 2 aromatic carbocycles. The van der Waals surface area contributed by atoms with E-state index in [0.717, 1.165) is 6.08 Å². The van der Waals surface area contributed by atoms with E-state index < -0.39 is 17.5 Å². The van der Waals surface area contributed by atoms with E-state index in [4.69, 9.17) is 10.5 Å². The number of nitrogens with zero attached hydrogens (tertiary/aromatic N) is 3. The van der Waals surface area contributed by atoms with Gasteiger partial charge in [0.05, 0.1) is 18.5 Å². The summed E-state index contributed by atoms with van der Waals surface area (Å²) in [7, 11) is 2.98. The fourth-order valence-electron chi connectivity index (χ4n) is 2.99. The number of anilines is 4. The first-order valence-corrected chi connectivity index (χ1v) is 11.2. The van der Waals surface area contributed by atoms with Gasteiger partial charge in [0.1, 0.15) is 23.2 Å². The number of benzene rings is 2. The molecule has 5 N–H and O–H groups in total. The topological polar surface area (TPSA) is 127 Å². The molecule has 1 aromatic heterocycles. The van der Waals surface area contributed by atoms with E-state index in [1.165, 1.54) is 56.1 Å². The third-order valence-corrected chi connectivity index (χ3v) is 4.58. The van der Waals surface area contributed by atoms with Gasteiger partial charge < -0.3 is 26.4 Å². The predicted octanol–water partition coefficient (Wildman–Crippen LogP) is 5.24. The van der Waals surface area contributed by atoms with E-state index in [0.29, 0.717) is 22.5 Å². The maximum absolute atomic E-state index is 14.7. The standard InChI is InChI=1S/C24H23F2N7O2.C2H6/c1-4-22(34)30-16-5-6-20(26)21(10-16)32-23-19(14-7-15(25)9-18(8-14)35-3)13-29-24(33-23)31-17(11-27)12-28-2;1-2/h4-13H,1,27H2,2-3H3,(H,30,34)(H2,29,31,32,33);1-2H3/b17-11+,28-12?;. The van der Waals surface area contributed by atoms with Crippen molar-refractivity contribution in [3.8, 4) is 16.9 Å². The van der Waals surface area contributed by atoms with Gasteiger partial charge in [-0.05, 0) is 42.0 Å². The van der Waals surface area contributed by atoms with E-state index >= 15 is 0 Å². The van der Waals surface area contributed by atoms with E-state index in [9.17, 15) is 13.6 Å². The maximum atomic E-state index is 14.7. The van der Waals surface area contributed by atoms with Gasteiger partial charge in [0, 0.05) is 43.0 Å². The molecule has 37 heavy (non-hydrogen) atoms. The quantitative estimate of drug-likeness (QED) is 0.230. The number of hydrogen-bond donors (Lipinski definition) is 4. The Bertz CT molecular complexity index is 1310. The lowest BCUT2D eigenvalue weighted by Crippen LogP contribution is -2.10. The summed E-state index contributed by atoms with van der Waals surface area (Å²) < 4.78 is 34.1. The number of carbonyl (C=O) groups excluding carboxylic acids is 1. The number of aliphatic imine (C=N–C) groups is 1. The molecule has 0 bridgehead atoms. The molecule has 0 saturated carbocycles. The first kappa shape index (κ1) is 28.4. The van der Waals surface area contributed by atoms with Gasteiger partial charge in [-0.3, -0.25) is 9.79 Å². The van der Waals surface area contributed by atoms with Crippen LogP contribution in [0, 0.1) is 11.6 Å². The second-order valence-corrected chi connectivity index (χ2v) is 6.98. The first-order chi connectivity index (χ1) is 17.9. The van der Waals surface area contributed by atoms with Crippen LogP contribution in [0.1, 0.15) is 13.8 Å². The number of nitrogens with one attached hydrogen (secondary N) is 3. The van der Waals surface area contributed by atoms with Crippen LogP contribution < -0.4 is 26.4 Å². The second-order valence-electron chi connectivity index (χ2n) is 6.98. The van der Waals surface area contributed by atoms with Crippen LogP contribution in [0.15, 0.2) is 72.1 Å². The Kier molecular flexibility index (Phi) is 10.7. The summed E-state index contributed by atoms with van der Waals surface area (Å²) in [5, 5.41) is 8.35. The Morgan fingerprint density at radius 1 is 1.16 bits per heavy atom. The molecule has 9 nitrogen and oxygen atoms in total. The Morgan fingerprint density at radius 2 is 1.92 bits per heavy atom. The molecule has 0 aliphatic heterocycles. The molecule has 3 rings (SSSR count). The summed E-state index contributed by atoms with van der Waals surface area (Å²) in [4.78, 5) is 24.2. The molecule has 0 saturated heterocycles. The second kappa shape index (κ2) is 13.9. The lowest BCUT2D eigenvalue weighted by molar-refractivity contribution is -0.111. The van der Waals surface area contributed by atoms with Crippen LogP contribution in [-0.2, 0) is 4.79 Å². The zero-order valence-electron chi connectivity index (χ0n) is 21.0. The van der Waals surface area contributed by atoms with Crippen LogP contribution in [0.3, 0.4) is 0 Å². The summed E-state index contributed by atoms with van der Waals surface area (Å²) in [5.41, 5.74) is 7.08. The highest BCUT2D eigenvalue weighted by atomic mass is 19.1. The van der Waals surface area contributed by atoms with E-state index in [-0.39, 0.29) is 23.2 Å². The van der Waals surface area contributed by atoms with Crippen molar-refractivity contribution in [2.45, 2.75) is 13.8 Å². The summed E-state index contributed by atoms with van der Waals surface area (Å²) in [6.45, 7) is 7.40. The average molecular weight is 510 g/mol. The molecule has 194 valence electrons. The van der Waals surface area contributed by atoms with Gasteiger partial charge in [0.25, 0.3) is 0 Å². The number of aromatic nitrogens is 2.